The van der Waals surface area contributed by atoms with Crippen LogP contribution < -0.4 is 15.5 Å². The van der Waals surface area contributed by atoms with E-state index < -0.39 is 0 Å². The number of rotatable bonds is 8. The van der Waals surface area contributed by atoms with Gasteiger partial charge in [-0.15, -0.1) is 0 Å². The highest BCUT2D eigenvalue weighted by Crippen LogP contribution is 2.34. The van der Waals surface area contributed by atoms with Gasteiger partial charge in [0.15, 0.2) is 0 Å². The van der Waals surface area contributed by atoms with Gasteiger partial charge in [-0.1, -0.05) is 48.5 Å². The van der Waals surface area contributed by atoms with Crippen LogP contribution >= 0.6 is 0 Å². The van der Waals surface area contributed by atoms with Crippen LogP contribution in [0.4, 0.5) is 33.1 Å². The number of halogens is 1. The molecule has 5 aromatic rings. The molecule has 0 aliphatic rings. The van der Waals surface area contributed by atoms with Crippen LogP contribution in [-0.2, 0) is 11.3 Å². The minimum Gasteiger partial charge on any atom is -0.381 e. The van der Waals surface area contributed by atoms with Crippen LogP contribution in [0, 0.1) is 5.82 Å². The van der Waals surface area contributed by atoms with Gasteiger partial charge in [-0.25, -0.2) is 14.4 Å². The fraction of sp³-hybridized carbons (Fsp3) is 0.0645. The first kappa shape index (κ1) is 24.6. The molecule has 0 saturated carbocycles. The van der Waals surface area contributed by atoms with E-state index in [-0.39, 0.29) is 11.7 Å². The number of carbonyl (C=O) groups is 1. The normalized spacial score (nSPS) is 10.6. The van der Waals surface area contributed by atoms with Crippen molar-refractivity contribution in [2.24, 2.45) is 0 Å². The Labute approximate surface area is 220 Å². The molecule has 7 heteroatoms. The summed E-state index contributed by atoms with van der Waals surface area (Å²) in [4.78, 5) is 22.8. The molecule has 4 aromatic carbocycles. The van der Waals surface area contributed by atoms with Crippen LogP contribution in [-0.4, -0.2) is 15.9 Å². The Bertz CT molecular complexity index is 1520. The molecule has 0 saturated heterocycles. The van der Waals surface area contributed by atoms with Gasteiger partial charge in [-0.05, 0) is 66.2 Å². The number of aromatic nitrogens is 2. The molecule has 0 fully saturated rings. The lowest BCUT2D eigenvalue weighted by Gasteiger charge is -2.24. The monoisotopic (exact) mass is 503 g/mol. The van der Waals surface area contributed by atoms with Crippen molar-refractivity contribution in [2.75, 3.05) is 15.5 Å². The smallest absolute Gasteiger partial charge is 0.235 e. The Morgan fingerprint density at radius 3 is 2.29 bits per heavy atom. The SMILES string of the molecule is CC(=O)Nc1ccc(-c2ccnc(N(c3ccccc3)c3cccc(NCc4ccc(F)cc4)c3)n2)cc1. The van der Waals surface area contributed by atoms with Crippen molar-refractivity contribution in [3.63, 3.8) is 0 Å². The second-order valence-corrected chi connectivity index (χ2v) is 8.70. The summed E-state index contributed by atoms with van der Waals surface area (Å²) < 4.78 is 13.3. The van der Waals surface area contributed by atoms with E-state index in [2.05, 4.69) is 15.6 Å². The Kier molecular flexibility index (Phi) is 7.36. The van der Waals surface area contributed by atoms with Crippen LogP contribution in [0.5, 0.6) is 0 Å². The minimum atomic E-state index is -0.250. The molecular weight excluding hydrogens is 477 g/mol. The van der Waals surface area contributed by atoms with E-state index >= 15 is 0 Å². The van der Waals surface area contributed by atoms with E-state index in [4.69, 9.17) is 4.98 Å². The largest absolute Gasteiger partial charge is 0.381 e. The van der Waals surface area contributed by atoms with Crippen LogP contribution in [0.3, 0.4) is 0 Å². The maximum Gasteiger partial charge on any atom is 0.235 e. The molecule has 1 heterocycles. The Morgan fingerprint density at radius 1 is 0.816 bits per heavy atom. The predicted octanol–water partition coefficient (Wildman–Crippen LogP) is 7.32. The first-order chi connectivity index (χ1) is 18.5. The Balaban J connectivity index is 1.46. The summed E-state index contributed by atoms with van der Waals surface area (Å²) in [6, 6.07) is 33.8. The van der Waals surface area contributed by atoms with Gasteiger partial charge in [0.05, 0.1) is 11.4 Å². The van der Waals surface area contributed by atoms with Crippen molar-refractivity contribution < 1.29 is 9.18 Å². The first-order valence-corrected chi connectivity index (χ1v) is 12.2. The molecule has 0 atom stereocenters. The van der Waals surface area contributed by atoms with Crippen molar-refractivity contribution >= 4 is 34.6 Å². The number of amides is 1. The lowest BCUT2D eigenvalue weighted by Crippen LogP contribution is -2.14. The summed E-state index contributed by atoms with van der Waals surface area (Å²) in [6.07, 6.45) is 1.74. The average Bonchev–Trinajstić information content (AvgIpc) is 2.94. The van der Waals surface area contributed by atoms with Gasteiger partial charge in [0.1, 0.15) is 5.82 Å². The molecule has 0 bridgehead atoms. The van der Waals surface area contributed by atoms with Crippen LogP contribution in [0.1, 0.15) is 12.5 Å². The molecule has 1 amide bonds. The summed E-state index contributed by atoms with van der Waals surface area (Å²) >= 11 is 0. The quantitative estimate of drug-likeness (QED) is 0.232. The third-order valence-corrected chi connectivity index (χ3v) is 5.87. The molecule has 0 spiro atoms. The maximum absolute atomic E-state index is 13.3. The third-order valence-electron chi connectivity index (χ3n) is 5.87. The summed E-state index contributed by atoms with van der Waals surface area (Å²) in [5, 5.41) is 6.20. The van der Waals surface area contributed by atoms with Gasteiger partial charge in [-0.3, -0.25) is 9.69 Å². The Hall–Kier alpha value is -5.04. The molecule has 0 aliphatic carbocycles. The Morgan fingerprint density at radius 2 is 1.55 bits per heavy atom. The molecule has 5 rings (SSSR count). The molecule has 188 valence electrons. The molecule has 6 nitrogen and oxygen atoms in total. The zero-order valence-corrected chi connectivity index (χ0v) is 20.8. The van der Waals surface area contributed by atoms with E-state index in [1.165, 1.54) is 19.1 Å². The second-order valence-electron chi connectivity index (χ2n) is 8.70. The lowest BCUT2D eigenvalue weighted by molar-refractivity contribution is -0.114. The predicted molar refractivity (Wildman–Crippen MR) is 150 cm³/mol. The van der Waals surface area contributed by atoms with Crippen LogP contribution in [0.15, 0.2) is 115 Å². The number of para-hydroxylation sites is 1. The second kappa shape index (κ2) is 11.3. The number of hydrogen-bond donors (Lipinski definition) is 2. The van der Waals surface area contributed by atoms with Gasteiger partial charge in [-0.2, -0.15) is 0 Å². The molecule has 1 aromatic heterocycles. The molecule has 0 aliphatic heterocycles. The molecule has 0 radical (unpaired) electrons. The topological polar surface area (TPSA) is 70.2 Å². The van der Waals surface area contributed by atoms with E-state index in [1.54, 1.807) is 18.3 Å². The number of nitrogens with zero attached hydrogens (tertiary/aromatic N) is 3. The third kappa shape index (κ3) is 6.02. The first-order valence-electron chi connectivity index (χ1n) is 12.2. The van der Waals surface area contributed by atoms with Crippen molar-refractivity contribution in [1.82, 2.24) is 9.97 Å². The van der Waals surface area contributed by atoms with Gasteiger partial charge < -0.3 is 10.6 Å². The van der Waals surface area contributed by atoms with Gasteiger partial charge in [0, 0.05) is 42.3 Å². The maximum atomic E-state index is 13.3. The zero-order valence-electron chi connectivity index (χ0n) is 20.8. The van der Waals surface area contributed by atoms with Crippen LogP contribution in [0.25, 0.3) is 11.3 Å². The number of benzene rings is 4. The number of nitrogens with one attached hydrogen (secondary N) is 2. The van der Waals surface area contributed by atoms with Crippen molar-refractivity contribution in [2.45, 2.75) is 13.5 Å². The fourth-order valence-electron chi connectivity index (χ4n) is 4.06. The highest BCUT2D eigenvalue weighted by atomic mass is 19.1. The molecule has 2 N–H and O–H groups in total. The highest BCUT2D eigenvalue weighted by Gasteiger charge is 2.16. The molecule has 38 heavy (non-hydrogen) atoms. The van der Waals surface area contributed by atoms with Crippen molar-refractivity contribution in [1.29, 1.82) is 0 Å². The summed E-state index contributed by atoms with van der Waals surface area (Å²) in [7, 11) is 0. The standard InChI is InChI=1S/C31H26FN5O/c1-22(38)35-26-16-12-24(13-17-26)30-18-19-33-31(36-30)37(28-7-3-2-4-8-28)29-9-5-6-27(20-29)34-21-23-10-14-25(32)15-11-23/h2-20,34H,21H2,1H3,(H,35,38). The molecular formula is C31H26FN5O. The molecule has 0 unspecified atom stereocenters. The van der Waals surface area contributed by atoms with Gasteiger partial charge >= 0.3 is 0 Å². The number of carbonyl (C=O) groups excluding carboxylic acids is 1. The van der Waals surface area contributed by atoms with E-state index in [9.17, 15) is 9.18 Å². The zero-order chi connectivity index (χ0) is 26.3. The van der Waals surface area contributed by atoms with Crippen molar-refractivity contribution in [3.05, 3.63) is 127 Å². The summed E-state index contributed by atoms with van der Waals surface area (Å²) in [6.45, 7) is 2.05. The number of anilines is 5. The van der Waals surface area contributed by atoms with Gasteiger partial charge in [0.25, 0.3) is 0 Å². The summed E-state index contributed by atoms with van der Waals surface area (Å²) in [5.41, 5.74) is 6.10. The highest BCUT2D eigenvalue weighted by molar-refractivity contribution is 5.89. The summed E-state index contributed by atoms with van der Waals surface area (Å²) in [5.74, 6) is 0.158. The average molecular weight is 504 g/mol. The van der Waals surface area contributed by atoms with E-state index in [1.807, 2.05) is 89.8 Å². The fourth-order valence-corrected chi connectivity index (χ4v) is 4.06. The van der Waals surface area contributed by atoms with Crippen molar-refractivity contribution in [3.8, 4) is 11.3 Å². The number of hydrogen-bond acceptors (Lipinski definition) is 5. The lowest BCUT2D eigenvalue weighted by atomic mass is 10.1. The minimum absolute atomic E-state index is 0.116. The van der Waals surface area contributed by atoms with E-state index in [0.717, 1.165) is 39.6 Å². The van der Waals surface area contributed by atoms with Gasteiger partial charge in [0.2, 0.25) is 11.9 Å². The van der Waals surface area contributed by atoms with Crippen LogP contribution in [0.2, 0.25) is 0 Å². The van der Waals surface area contributed by atoms with E-state index in [0.29, 0.717) is 12.5 Å².